The first-order valence-corrected chi connectivity index (χ1v) is 6.69. The summed E-state index contributed by atoms with van der Waals surface area (Å²) in [5.41, 5.74) is 7.94. The summed E-state index contributed by atoms with van der Waals surface area (Å²) < 4.78 is 6.76. The molecule has 0 spiro atoms. The van der Waals surface area contributed by atoms with Gasteiger partial charge in [-0.15, -0.1) is 0 Å². The van der Waals surface area contributed by atoms with Crippen molar-refractivity contribution in [3.63, 3.8) is 0 Å². The summed E-state index contributed by atoms with van der Waals surface area (Å²) in [5.74, 6) is 0.948. The van der Waals surface area contributed by atoms with Crippen LogP contribution in [0.4, 0.5) is 0 Å². The minimum absolute atomic E-state index is 0.0274. The Morgan fingerprint density at radius 1 is 1.30 bits per heavy atom. The van der Waals surface area contributed by atoms with Crippen molar-refractivity contribution in [3.8, 4) is 11.6 Å². The number of aryl methyl sites for hydroxylation is 2. The van der Waals surface area contributed by atoms with Gasteiger partial charge in [0.1, 0.15) is 5.75 Å². The normalized spacial score (nSPS) is 11.4. The first kappa shape index (κ1) is 14.3. The van der Waals surface area contributed by atoms with Crippen LogP contribution in [-0.4, -0.2) is 16.0 Å². The number of halogens is 1. The van der Waals surface area contributed by atoms with Gasteiger partial charge in [0.25, 0.3) is 0 Å². The highest BCUT2D eigenvalue weighted by Gasteiger charge is 2.14. The van der Waals surface area contributed by atoms with Crippen LogP contribution in [0.3, 0.4) is 0 Å². The molecule has 0 aliphatic rings. The molecule has 104 valence electrons. The van der Waals surface area contributed by atoms with E-state index < -0.39 is 0 Å². The van der Waals surface area contributed by atoms with Crippen LogP contribution in [0.2, 0.25) is 0 Å². The molecule has 3 N–H and O–H groups in total. The number of amidine groups is 1. The quantitative estimate of drug-likeness (QED) is 0.390. The number of nitrogens with zero attached hydrogens (tertiary/aromatic N) is 2. The highest BCUT2D eigenvalue weighted by atomic mass is 79.9. The number of aromatic nitrogens is 1. The first-order valence-electron chi connectivity index (χ1n) is 5.90. The molecule has 0 amide bonds. The molecule has 0 unspecified atom stereocenters. The van der Waals surface area contributed by atoms with E-state index in [-0.39, 0.29) is 5.84 Å². The second-order valence-corrected chi connectivity index (χ2v) is 5.22. The molecule has 2 aromatic rings. The van der Waals surface area contributed by atoms with Crippen molar-refractivity contribution in [3.05, 3.63) is 51.6 Å². The number of benzene rings is 1. The van der Waals surface area contributed by atoms with Gasteiger partial charge >= 0.3 is 0 Å². The lowest BCUT2D eigenvalue weighted by atomic mass is 10.1. The average Bonchev–Trinajstić information content (AvgIpc) is 2.41. The van der Waals surface area contributed by atoms with Crippen molar-refractivity contribution in [2.45, 2.75) is 13.8 Å². The van der Waals surface area contributed by atoms with Gasteiger partial charge in [-0.2, -0.15) is 0 Å². The van der Waals surface area contributed by atoms with Crippen molar-refractivity contribution < 1.29 is 9.94 Å². The van der Waals surface area contributed by atoms with Crippen LogP contribution in [0.15, 0.2) is 40.1 Å². The van der Waals surface area contributed by atoms with Gasteiger partial charge in [-0.05, 0) is 49.2 Å². The minimum atomic E-state index is -0.0274. The highest BCUT2D eigenvalue weighted by Crippen LogP contribution is 2.29. The molecule has 1 aromatic carbocycles. The summed E-state index contributed by atoms with van der Waals surface area (Å²) in [5, 5.41) is 11.9. The standard InChI is InChI=1S/C14H14BrN3O2/c1-8-5-6-17-14(12(8)13(16)18-19)20-11-4-3-10(15)7-9(11)2/h3-7,19H,1-2H3,(H2,16,18). The molecular formula is C14H14BrN3O2. The van der Waals surface area contributed by atoms with Gasteiger partial charge in [-0.25, -0.2) is 4.98 Å². The Bertz CT molecular complexity index is 671. The molecule has 6 heteroatoms. The van der Waals surface area contributed by atoms with Crippen LogP contribution in [0.25, 0.3) is 0 Å². The van der Waals surface area contributed by atoms with E-state index in [0.29, 0.717) is 17.2 Å². The van der Waals surface area contributed by atoms with E-state index in [9.17, 15) is 0 Å². The Morgan fingerprint density at radius 3 is 2.70 bits per heavy atom. The van der Waals surface area contributed by atoms with Crippen LogP contribution in [0.1, 0.15) is 16.7 Å². The number of rotatable bonds is 3. The van der Waals surface area contributed by atoms with Crippen LogP contribution in [0, 0.1) is 13.8 Å². The number of ether oxygens (including phenoxy) is 1. The van der Waals surface area contributed by atoms with E-state index in [1.807, 2.05) is 32.0 Å². The SMILES string of the molecule is Cc1cc(Br)ccc1Oc1nccc(C)c1/C(N)=N/O. The molecule has 0 saturated carbocycles. The Hall–Kier alpha value is -2.08. The fourth-order valence-electron chi connectivity index (χ4n) is 1.80. The van der Waals surface area contributed by atoms with E-state index in [1.54, 1.807) is 12.3 Å². The Kier molecular flexibility index (Phi) is 4.24. The molecule has 0 bridgehead atoms. The van der Waals surface area contributed by atoms with Gasteiger partial charge in [-0.1, -0.05) is 21.1 Å². The third kappa shape index (κ3) is 2.91. The van der Waals surface area contributed by atoms with Crippen molar-refractivity contribution >= 4 is 21.8 Å². The summed E-state index contributed by atoms with van der Waals surface area (Å²) >= 11 is 3.40. The van der Waals surface area contributed by atoms with E-state index in [1.165, 1.54) is 0 Å². The van der Waals surface area contributed by atoms with Gasteiger partial charge in [0, 0.05) is 10.7 Å². The van der Waals surface area contributed by atoms with E-state index in [2.05, 4.69) is 26.1 Å². The van der Waals surface area contributed by atoms with Crippen LogP contribution < -0.4 is 10.5 Å². The summed E-state index contributed by atoms with van der Waals surface area (Å²) in [6.07, 6.45) is 1.62. The van der Waals surface area contributed by atoms with Gasteiger partial charge < -0.3 is 15.7 Å². The zero-order valence-corrected chi connectivity index (χ0v) is 12.7. The second kappa shape index (κ2) is 5.92. The largest absolute Gasteiger partial charge is 0.438 e. The molecule has 20 heavy (non-hydrogen) atoms. The fraction of sp³-hybridized carbons (Fsp3) is 0.143. The van der Waals surface area contributed by atoms with Crippen molar-refractivity contribution in [2.24, 2.45) is 10.9 Å². The monoisotopic (exact) mass is 335 g/mol. The molecular weight excluding hydrogens is 322 g/mol. The average molecular weight is 336 g/mol. The lowest BCUT2D eigenvalue weighted by Crippen LogP contribution is -2.16. The van der Waals surface area contributed by atoms with Gasteiger partial charge in [0.15, 0.2) is 5.84 Å². The van der Waals surface area contributed by atoms with E-state index in [0.717, 1.165) is 15.6 Å². The maximum Gasteiger partial charge on any atom is 0.230 e. The van der Waals surface area contributed by atoms with Crippen LogP contribution in [-0.2, 0) is 0 Å². The lowest BCUT2D eigenvalue weighted by Gasteiger charge is -2.12. The molecule has 0 saturated heterocycles. The first-order chi connectivity index (χ1) is 9.52. The van der Waals surface area contributed by atoms with Gasteiger partial charge in [-0.3, -0.25) is 0 Å². The molecule has 0 atom stereocenters. The zero-order chi connectivity index (χ0) is 14.7. The number of hydrogen-bond donors (Lipinski definition) is 2. The Labute approximate surface area is 125 Å². The molecule has 2 rings (SSSR count). The smallest absolute Gasteiger partial charge is 0.230 e. The predicted molar refractivity (Wildman–Crippen MR) is 80.4 cm³/mol. The van der Waals surface area contributed by atoms with Gasteiger partial charge in [0.2, 0.25) is 5.88 Å². The maximum absolute atomic E-state index is 8.87. The van der Waals surface area contributed by atoms with Crippen LogP contribution in [0.5, 0.6) is 11.6 Å². The van der Waals surface area contributed by atoms with Gasteiger partial charge in [0.05, 0.1) is 5.56 Å². The molecule has 0 radical (unpaired) electrons. The second-order valence-electron chi connectivity index (χ2n) is 4.31. The topological polar surface area (TPSA) is 80.7 Å². The van der Waals surface area contributed by atoms with E-state index >= 15 is 0 Å². The number of nitrogens with two attached hydrogens (primary N) is 1. The minimum Gasteiger partial charge on any atom is -0.438 e. The van der Waals surface area contributed by atoms with Crippen molar-refractivity contribution in [2.75, 3.05) is 0 Å². The molecule has 5 nitrogen and oxygen atoms in total. The molecule has 1 heterocycles. The summed E-state index contributed by atoms with van der Waals surface area (Å²) in [7, 11) is 0. The maximum atomic E-state index is 8.87. The third-order valence-corrected chi connectivity index (χ3v) is 3.33. The third-order valence-electron chi connectivity index (χ3n) is 2.83. The molecule has 0 fully saturated rings. The number of hydrogen-bond acceptors (Lipinski definition) is 4. The van der Waals surface area contributed by atoms with Crippen molar-refractivity contribution in [1.29, 1.82) is 0 Å². The Morgan fingerprint density at radius 2 is 2.05 bits per heavy atom. The summed E-state index contributed by atoms with van der Waals surface area (Å²) in [6, 6.07) is 7.42. The number of pyridine rings is 1. The van der Waals surface area contributed by atoms with Crippen molar-refractivity contribution in [1.82, 2.24) is 4.98 Å². The highest BCUT2D eigenvalue weighted by molar-refractivity contribution is 9.10. The fourth-order valence-corrected chi connectivity index (χ4v) is 2.28. The number of oxime groups is 1. The predicted octanol–water partition coefficient (Wildman–Crippen LogP) is 3.35. The lowest BCUT2D eigenvalue weighted by molar-refractivity contribution is 0.318. The molecule has 0 aliphatic carbocycles. The molecule has 1 aromatic heterocycles. The Balaban J connectivity index is 2.46. The summed E-state index contributed by atoms with van der Waals surface area (Å²) in [4.78, 5) is 4.16. The van der Waals surface area contributed by atoms with E-state index in [4.69, 9.17) is 15.7 Å². The molecule has 0 aliphatic heterocycles. The van der Waals surface area contributed by atoms with Crippen LogP contribution >= 0.6 is 15.9 Å². The summed E-state index contributed by atoms with van der Waals surface area (Å²) in [6.45, 7) is 3.77. The zero-order valence-electron chi connectivity index (χ0n) is 11.1.